The molecule has 0 radical (unpaired) electrons. The summed E-state index contributed by atoms with van der Waals surface area (Å²) < 4.78 is 1.60. The Morgan fingerprint density at radius 2 is 1.96 bits per heavy atom. The molecule has 8 heteroatoms. The zero-order valence-corrected chi connectivity index (χ0v) is 16.7. The van der Waals surface area contributed by atoms with Crippen LogP contribution in [0.4, 0.5) is 5.95 Å². The predicted octanol–water partition coefficient (Wildman–Crippen LogP) is 2.32. The number of fused-ring (bicyclic) bond motifs is 1. The molecule has 0 saturated heterocycles. The largest absolute Gasteiger partial charge is 0.353 e. The molecule has 28 heavy (non-hydrogen) atoms. The molecule has 2 aromatic rings. The van der Waals surface area contributed by atoms with E-state index in [1.165, 1.54) is 25.5 Å². The van der Waals surface area contributed by atoms with Crippen molar-refractivity contribution in [3.8, 4) is 0 Å². The van der Waals surface area contributed by atoms with Crippen molar-refractivity contribution in [1.29, 1.82) is 0 Å². The monoisotopic (exact) mass is 386 g/mol. The number of hydrogen-bond acceptors (Lipinski definition) is 5. The Bertz CT molecular complexity index is 896. The molecule has 2 fully saturated rings. The van der Waals surface area contributed by atoms with Crippen molar-refractivity contribution in [2.45, 2.75) is 70.4 Å². The third-order valence-electron chi connectivity index (χ3n) is 6.31. The van der Waals surface area contributed by atoms with Crippen LogP contribution in [0.5, 0.6) is 0 Å². The van der Waals surface area contributed by atoms with E-state index in [0.29, 0.717) is 29.3 Å². The number of aromatic nitrogens is 4. The summed E-state index contributed by atoms with van der Waals surface area (Å²) in [5.74, 6) is 2.04. The summed E-state index contributed by atoms with van der Waals surface area (Å²) in [5.41, 5.74) is 0.399. The first-order chi connectivity index (χ1) is 13.5. The van der Waals surface area contributed by atoms with Crippen molar-refractivity contribution < 1.29 is 4.79 Å². The van der Waals surface area contributed by atoms with Gasteiger partial charge >= 0.3 is 0 Å². The second-order valence-electron chi connectivity index (χ2n) is 8.67. The minimum atomic E-state index is -0.178. The van der Waals surface area contributed by atoms with Gasteiger partial charge in [-0.15, -0.1) is 0 Å². The van der Waals surface area contributed by atoms with Gasteiger partial charge in [0.25, 0.3) is 5.56 Å². The second kappa shape index (κ2) is 7.93. The Morgan fingerprint density at radius 3 is 2.68 bits per heavy atom. The number of hydrogen-bond donors (Lipinski definition) is 3. The van der Waals surface area contributed by atoms with Gasteiger partial charge in [0.15, 0.2) is 5.65 Å². The number of aromatic amines is 1. The molecule has 3 N–H and O–H groups in total. The van der Waals surface area contributed by atoms with Gasteiger partial charge in [0.2, 0.25) is 11.9 Å². The molecule has 2 aliphatic carbocycles. The molecule has 2 saturated carbocycles. The number of nitrogens with one attached hydrogen (secondary N) is 3. The summed E-state index contributed by atoms with van der Waals surface area (Å²) in [5, 5.41) is 11.2. The highest BCUT2D eigenvalue weighted by atomic mass is 16.1. The minimum absolute atomic E-state index is 0.178. The van der Waals surface area contributed by atoms with Gasteiger partial charge in [-0.2, -0.15) is 10.1 Å². The van der Waals surface area contributed by atoms with Gasteiger partial charge < -0.3 is 10.6 Å². The highest BCUT2D eigenvalue weighted by Gasteiger charge is 2.26. The smallest absolute Gasteiger partial charge is 0.263 e. The number of carbonyl (C=O) groups is 1. The first-order valence-corrected chi connectivity index (χ1v) is 10.5. The van der Waals surface area contributed by atoms with Gasteiger partial charge in [-0.1, -0.05) is 13.3 Å². The van der Waals surface area contributed by atoms with Crippen LogP contribution in [0.3, 0.4) is 0 Å². The molecule has 2 heterocycles. The number of nitrogens with zero attached hydrogens (tertiary/aromatic N) is 3. The van der Waals surface area contributed by atoms with Crippen molar-refractivity contribution in [1.82, 2.24) is 25.1 Å². The Labute approximate surface area is 164 Å². The first kappa shape index (κ1) is 19.0. The van der Waals surface area contributed by atoms with Crippen LogP contribution < -0.4 is 16.2 Å². The standard InChI is InChI=1S/C20H30N6O2/c1-12-3-4-13(9-12)10-17(27)22-14-5-7-15(8-6-14)23-20-24-18-16(19(28)25-20)11-21-26(18)2/h11-15H,3-10H2,1-2H3,(H,22,27)(H2,23,24,25,28). The molecular weight excluding hydrogens is 356 g/mol. The zero-order chi connectivity index (χ0) is 19.7. The predicted molar refractivity (Wildman–Crippen MR) is 108 cm³/mol. The summed E-state index contributed by atoms with van der Waals surface area (Å²) in [4.78, 5) is 31.8. The first-order valence-electron chi connectivity index (χ1n) is 10.5. The molecule has 2 unspecified atom stereocenters. The van der Waals surface area contributed by atoms with Crippen LogP contribution in [0.2, 0.25) is 0 Å². The third-order valence-corrected chi connectivity index (χ3v) is 6.31. The molecule has 8 nitrogen and oxygen atoms in total. The van der Waals surface area contributed by atoms with Crippen molar-refractivity contribution in [3.05, 3.63) is 16.6 Å². The fraction of sp³-hybridized carbons (Fsp3) is 0.700. The van der Waals surface area contributed by atoms with Crippen LogP contribution >= 0.6 is 0 Å². The summed E-state index contributed by atoms with van der Waals surface area (Å²) >= 11 is 0. The quantitative estimate of drug-likeness (QED) is 0.731. The molecule has 0 bridgehead atoms. The second-order valence-corrected chi connectivity index (χ2v) is 8.67. The maximum absolute atomic E-state index is 12.3. The topological polar surface area (TPSA) is 105 Å². The van der Waals surface area contributed by atoms with Gasteiger partial charge in [0.05, 0.1) is 6.20 Å². The van der Waals surface area contributed by atoms with Crippen LogP contribution in [0.25, 0.3) is 11.0 Å². The van der Waals surface area contributed by atoms with Crippen molar-refractivity contribution in [2.24, 2.45) is 18.9 Å². The summed E-state index contributed by atoms with van der Waals surface area (Å²) in [7, 11) is 1.78. The SMILES string of the molecule is CC1CCC(CC(=O)NC2CCC(Nc3nc4c(cnn4C)c(=O)[nH]3)CC2)C1. The van der Waals surface area contributed by atoms with Crippen molar-refractivity contribution in [3.63, 3.8) is 0 Å². The lowest BCUT2D eigenvalue weighted by Gasteiger charge is -2.30. The van der Waals surface area contributed by atoms with E-state index in [-0.39, 0.29) is 23.6 Å². The normalized spacial score (nSPS) is 27.8. The fourth-order valence-corrected chi connectivity index (χ4v) is 4.74. The highest BCUT2D eigenvalue weighted by molar-refractivity contribution is 5.76. The summed E-state index contributed by atoms with van der Waals surface area (Å²) in [6.07, 6.45) is 9.63. The average Bonchev–Trinajstić information content (AvgIpc) is 3.23. The van der Waals surface area contributed by atoms with E-state index in [0.717, 1.165) is 31.6 Å². The Balaban J connectivity index is 1.27. The lowest BCUT2D eigenvalue weighted by molar-refractivity contribution is -0.122. The summed E-state index contributed by atoms with van der Waals surface area (Å²) in [6, 6.07) is 0.508. The van der Waals surface area contributed by atoms with E-state index in [4.69, 9.17) is 0 Å². The van der Waals surface area contributed by atoms with Crippen LogP contribution in [-0.4, -0.2) is 37.7 Å². The molecule has 2 atom stereocenters. The molecular formula is C20H30N6O2. The number of carbonyl (C=O) groups excluding carboxylic acids is 1. The van der Waals surface area contributed by atoms with Gasteiger partial charge in [-0.25, -0.2) is 0 Å². The van der Waals surface area contributed by atoms with Crippen molar-refractivity contribution in [2.75, 3.05) is 5.32 Å². The van der Waals surface area contributed by atoms with E-state index < -0.39 is 0 Å². The van der Waals surface area contributed by atoms with Gasteiger partial charge in [0, 0.05) is 25.6 Å². The number of aryl methyl sites for hydroxylation is 1. The number of amides is 1. The summed E-state index contributed by atoms with van der Waals surface area (Å²) in [6.45, 7) is 2.28. The van der Waals surface area contributed by atoms with Crippen LogP contribution in [-0.2, 0) is 11.8 Å². The maximum atomic E-state index is 12.3. The number of H-pyrrole nitrogens is 1. The molecule has 4 rings (SSSR count). The van der Waals surface area contributed by atoms with Gasteiger partial charge in [0.1, 0.15) is 5.39 Å². The average molecular weight is 387 g/mol. The third kappa shape index (κ3) is 4.20. The van der Waals surface area contributed by atoms with Gasteiger partial charge in [-0.05, 0) is 50.4 Å². The van der Waals surface area contributed by atoms with E-state index in [1.54, 1.807) is 11.7 Å². The minimum Gasteiger partial charge on any atom is -0.353 e. The molecule has 2 aliphatic rings. The number of rotatable bonds is 5. The Hall–Kier alpha value is -2.38. The van der Waals surface area contributed by atoms with Crippen molar-refractivity contribution >= 4 is 22.9 Å². The van der Waals surface area contributed by atoms with Crippen LogP contribution in [0, 0.1) is 11.8 Å². The van der Waals surface area contributed by atoms with E-state index in [2.05, 4.69) is 32.6 Å². The highest BCUT2D eigenvalue weighted by Crippen LogP contribution is 2.32. The molecule has 152 valence electrons. The number of anilines is 1. The molecule has 1 amide bonds. The molecule has 0 aromatic carbocycles. The van der Waals surface area contributed by atoms with E-state index in [9.17, 15) is 9.59 Å². The Morgan fingerprint density at radius 1 is 1.21 bits per heavy atom. The van der Waals surface area contributed by atoms with Crippen LogP contribution in [0.1, 0.15) is 58.3 Å². The Kier molecular flexibility index (Phi) is 5.37. The van der Waals surface area contributed by atoms with Crippen LogP contribution in [0.15, 0.2) is 11.0 Å². The fourth-order valence-electron chi connectivity index (χ4n) is 4.74. The molecule has 0 spiro atoms. The molecule has 0 aliphatic heterocycles. The van der Waals surface area contributed by atoms with E-state index in [1.807, 2.05) is 0 Å². The maximum Gasteiger partial charge on any atom is 0.263 e. The lowest BCUT2D eigenvalue weighted by Crippen LogP contribution is -2.40. The van der Waals surface area contributed by atoms with E-state index >= 15 is 0 Å². The lowest BCUT2D eigenvalue weighted by atomic mass is 9.91. The molecule has 2 aromatic heterocycles. The zero-order valence-electron chi connectivity index (χ0n) is 16.7. The van der Waals surface area contributed by atoms with Gasteiger partial charge in [-0.3, -0.25) is 19.3 Å².